The van der Waals surface area contributed by atoms with E-state index in [1.165, 1.54) is 0 Å². The SMILES string of the molecule is CCCCO.CCO.CO.ClCCl. The molecule has 0 fully saturated rings. The second kappa shape index (κ2) is 54.9. The van der Waals surface area contributed by atoms with Gasteiger partial charge >= 0.3 is 0 Å². The first-order valence-electron chi connectivity index (χ1n) is 4.03. The molecule has 0 aromatic carbocycles. The summed E-state index contributed by atoms with van der Waals surface area (Å²) in [6, 6.07) is 0. The molecule has 0 radical (unpaired) electrons. The second-order valence-corrected chi connectivity index (χ2v) is 2.30. The molecule has 5 heteroatoms. The van der Waals surface area contributed by atoms with Crippen LogP contribution in [0.3, 0.4) is 0 Å². The molecule has 0 unspecified atom stereocenters. The van der Waals surface area contributed by atoms with Gasteiger partial charge in [0.2, 0.25) is 0 Å². The fraction of sp³-hybridized carbons (Fsp3) is 1.00. The van der Waals surface area contributed by atoms with Crippen LogP contribution in [0.15, 0.2) is 0 Å². The summed E-state index contributed by atoms with van der Waals surface area (Å²) in [6.45, 7) is 4.33. The van der Waals surface area contributed by atoms with E-state index >= 15 is 0 Å². The smallest absolute Gasteiger partial charge is 0.0967 e. The van der Waals surface area contributed by atoms with Gasteiger partial charge in [-0.2, -0.15) is 0 Å². The Morgan fingerprint density at radius 3 is 1.23 bits per heavy atom. The molecule has 0 saturated carbocycles. The summed E-state index contributed by atoms with van der Waals surface area (Å²) in [5.74, 6) is 0. The molecule has 86 valence electrons. The summed E-state index contributed by atoms with van der Waals surface area (Å²) in [7, 11) is 1.00. The molecule has 3 nitrogen and oxygen atoms in total. The maximum atomic E-state index is 8.07. The van der Waals surface area contributed by atoms with Crippen molar-refractivity contribution >= 4 is 23.2 Å². The summed E-state index contributed by atoms with van der Waals surface area (Å²) < 4.78 is 0. The lowest BCUT2D eigenvalue weighted by Crippen LogP contribution is -1.75. The van der Waals surface area contributed by atoms with Crippen molar-refractivity contribution < 1.29 is 15.3 Å². The van der Waals surface area contributed by atoms with Gasteiger partial charge in [-0.05, 0) is 13.3 Å². The van der Waals surface area contributed by atoms with Crippen molar-refractivity contribution in [2.24, 2.45) is 0 Å². The van der Waals surface area contributed by atoms with Crippen molar-refractivity contribution in [3.05, 3.63) is 0 Å². The molecule has 3 N–H and O–H groups in total. The fourth-order valence-corrected chi connectivity index (χ4v) is 0.158. The van der Waals surface area contributed by atoms with Gasteiger partial charge in [0.25, 0.3) is 0 Å². The van der Waals surface area contributed by atoms with Crippen LogP contribution in [-0.2, 0) is 0 Å². The Hall–Kier alpha value is 0.460. The van der Waals surface area contributed by atoms with Crippen LogP contribution in [0, 0.1) is 0 Å². The Balaban J connectivity index is -0.0000000446. The van der Waals surface area contributed by atoms with Gasteiger partial charge in [0.15, 0.2) is 0 Å². The zero-order chi connectivity index (χ0) is 11.5. The lowest BCUT2D eigenvalue weighted by molar-refractivity contribution is 0.287. The minimum absolute atomic E-state index is 0.194. The Morgan fingerprint density at radius 2 is 1.23 bits per heavy atom. The van der Waals surface area contributed by atoms with Crippen LogP contribution >= 0.6 is 23.2 Å². The van der Waals surface area contributed by atoms with Crippen molar-refractivity contribution in [1.82, 2.24) is 0 Å². The molecule has 0 heterocycles. The minimum atomic E-state index is 0.194. The molecular formula is C8H22Cl2O3. The second-order valence-electron chi connectivity index (χ2n) is 1.49. The van der Waals surface area contributed by atoms with Crippen molar-refractivity contribution in [2.45, 2.75) is 26.7 Å². The van der Waals surface area contributed by atoms with Gasteiger partial charge < -0.3 is 15.3 Å². The molecule has 0 bridgehead atoms. The molecule has 0 amide bonds. The summed E-state index contributed by atoms with van der Waals surface area (Å²) in [4.78, 5) is 0. The molecule has 0 saturated heterocycles. The van der Waals surface area contributed by atoms with Gasteiger partial charge in [0.1, 0.15) is 0 Å². The van der Waals surface area contributed by atoms with Crippen LogP contribution in [0.4, 0.5) is 0 Å². The van der Waals surface area contributed by atoms with E-state index in [-0.39, 0.29) is 11.9 Å². The summed E-state index contributed by atoms with van der Waals surface area (Å²) in [5.41, 5.74) is 0. The molecule has 0 aliphatic carbocycles. The van der Waals surface area contributed by atoms with Crippen LogP contribution in [0.2, 0.25) is 0 Å². The Bertz CT molecular complexity index is 36.6. The first-order chi connectivity index (χ1) is 6.24. The van der Waals surface area contributed by atoms with E-state index in [0.717, 1.165) is 20.0 Å². The van der Waals surface area contributed by atoms with E-state index in [9.17, 15) is 0 Å². The normalized spacial score (nSPS) is 6.46. The van der Waals surface area contributed by atoms with Crippen LogP contribution in [0.25, 0.3) is 0 Å². The number of alkyl halides is 2. The highest BCUT2D eigenvalue weighted by atomic mass is 35.5. The Labute approximate surface area is 91.3 Å². The third-order valence-corrected chi connectivity index (χ3v) is 0.512. The van der Waals surface area contributed by atoms with Crippen LogP contribution < -0.4 is 0 Å². The monoisotopic (exact) mass is 236 g/mol. The standard InChI is InChI=1S/C4H10O.C2H6O.CH2Cl2.CH4O/c1-2-3-4-5;1-2-3;2-1-3;1-2/h5H,2-4H2,1H3;3H,2H2,1H3;1H2;2H,1H3. The highest BCUT2D eigenvalue weighted by Gasteiger charge is 1.69. The van der Waals surface area contributed by atoms with Crippen LogP contribution in [-0.4, -0.2) is 41.0 Å². The quantitative estimate of drug-likeness (QED) is 0.642. The fourth-order valence-electron chi connectivity index (χ4n) is 0.158. The Kier molecular flexibility index (Phi) is 98.6. The lowest BCUT2D eigenvalue weighted by atomic mass is 10.4. The molecular weight excluding hydrogens is 215 g/mol. The van der Waals surface area contributed by atoms with E-state index in [4.69, 9.17) is 38.5 Å². The van der Waals surface area contributed by atoms with Crippen molar-refractivity contribution in [2.75, 3.05) is 25.7 Å². The number of hydrogen-bond acceptors (Lipinski definition) is 3. The topological polar surface area (TPSA) is 60.7 Å². The highest BCUT2D eigenvalue weighted by Crippen LogP contribution is 1.78. The molecule has 0 rings (SSSR count). The van der Waals surface area contributed by atoms with Gasteiger partial charge in [-0.1, -0.05) is 13.3 Å². The largest absolute Gasteiger partial charge is 0.400 e. The predicted molar refractivity (Wildman–Crippen MR) is 59.5 cm³/mol. The number of aliphatic hydroxyl groups is 3. The minimum Gasteiger partial charge on any atom is -0.400 e. The van der Waals surface area contributed by atoms with E-state index in [1.54, 1.807) is 6.92 Å². The number of halogens is 2. The predicted octanol–water partition coefficient (Wildman–Crippen LogP) is 1.81. The van der Waals surface area contributed by atoms with Gasteiger partial charge in [-0.3, -0.25) is 0 Å². The van der Waals surface area contributed by atoms with Gasteiger partial charge in [0.05, 0.1) is 5.34 Å². The van der Waals surface area contributed by atoms with Crippen molar-refractivity contribution in [3.8, 4) is 0 Å². The zero-order valence-electron chi connectivity index (χ0n) is 8.63. The Morgan fingerprint density at radius 1 is 1.00 bits per heavy atom. The summed E-state index contributed by atoms with van der Waals surface area (Å²) >= 11 is 9.53. The zero-order valence-corrected chi connectivity index (χ0v) is 10.1. The number of hydrogen-bond donors (Lipinski definition) is 3. The van der Waals surface area contributed by atoms with E-state index in [2.05, 4.69) is 6.92 Å². The van der Waals surface area contributed by atoms with E-state index < -0.39 is 0 Å². The van der Waals surface area contributed by atoms with E-state index in [1.807, 2.05) is 0 Å². The third-order valence-electron chi connectivity index (χ3n) is 0.512. The molecule has 0 aliphatic rings. The number of unbranched alkanes of at least 4 members (excludes halogenated alkanes) is 1. The summed E-state index contributed by atoms with van der Waals surface area (Å²) in [6.07, 6.45) is 2.04. The highest BCUT2D eigenvalue weighted by molar-refractivity contribution is 6.40. The van der Waals surface area contributed by atoms with Crippen molar-refractivity contribution in [3.63, 3.8) is 0 Å². The molecule has 0 atom stereocenters. The summed E-state index contributed by atoms with van der Waals surface area (Å²) in [5, 5.41) is 22.8. The first kappa shape index (κ1) is 23.4. The number of rotatable bonds is 2. The average Bonchev–Trinajstić information content (AvgIpc) is 2.12. The van der Waals surface area contributed by atoms with Gasteiger partial charge in [0, 0.05) is 20.3 Å². The molecule has 0 aromatic rings. The average molecular weight is 237 g/mol. The van der Waals surface area contributed by atoms with Gasteiger partial charge in [-0.15, -0.1) is 23.2 Å². The maximum absolute atomic E-state index is 8.07. The lowest BCUT2D eigenvalue weighted by Gasteiger charge is -1.79. The molecule has 0 aromatic heterocycles. The molecule has 0 aliphatic heterocycles. The van der Waals surface area contributed by atoms with Gasteiger partial charge in [-0.25, -0.2) is 0 Å². The van der Waals surface area contributed by atoms with Crippen LogP contribution in [0.1, 0.15) is 26.7 Å². The molecule has 0 spiro atoms. The molecule has 13 heavy (non-hydrogen) atoms. The third kappa shape index (κ3) is 225. The van der Waals surface area contributed by atoms with Crippen molar-refractivity contribution in [1.29, 1.82) is 0 Å². The number of aliphatic hydroxyl groups excluding tert-OH is 3. The van der Waals surface area contributed by atoms with Crippen LogP contribution in [0.5, 0.6) is 0 Å². The first-order valence-corrected chi connectivity index (χ1v) is 5.10. The van der Waals surface area contributed by atoms with E-state index in [0.29, 0.717) is 6.61 Å². The maximum Gasteiger partial charge on any atom is 0.0967 e.